The molecule has 7 heteroatoms. The number of nitrogens with one attached hydrogen (secondary N) is 1. The number of ether oxygens (including phenoxy) is 1. The monoisotopic (exact) mass is 394 g/mol. The lowest BCUT2D eigenvalue weighted by molar-refractivity contribution is -0.122. The molecule has 0 aliphatic rings. The average Bonchev–Trinajstić information content (AvgIpc) is 3.19. The fourth-order valence-electron chi connectivity index (χ4n) is 2.87. The third kappa shape index (κ3) is 5.19. The van der Waals surface area contributed by atoms with Crippen molar-refractivity contribution in [2.45, 2.75) is 40.2 Å². The van der Waals surface area contributed by atoms with Gasteiger partial charge in [-0.2, -0.15) is 4.98 Å². The van der Waals surface area contributed by atoms with Crippen LogP contribution in [0.2, 0.25) is 0 Å². The number of carbonyl (C=O) groups is 1. The molecule has 0 spiro atoms. The van der Waals surface area contributed by atoms with Gasteiger partial charge in [0.25, 0.3) is 0 Å². The number of carbonyl (C=O) groups excluding carboxylic acids is 1. The second-order valence-corrected chi connectivity index (χ2v) is 7.28. The van der Waals surface area contributed by atoms with Crippen molar-refractivity contribution in [3.8, 4) is 17.1 Å². The van der Waals surface area contributed by atoms with Crippen LogP contribution in [-0.2, 0) is 4.79 Å². The van der Waals surface area contributed by atoms with Gasteiger partial charge in [-0.3, -0.25) is 9.78 Å². The van der Waals surface area contributed by atoms with Crippen LogP contribution in [0.1, 0.15) is 43.3 Å². The van der Waals surface area contributed by atoms with Gasteiger partial charge in [0, 0.05) is 18.0 Å². The molecule has 1 N–H and O–H groups in total. The summed E-state index contributed by atoms with van der Waals surface area (Å²) < 4.78 is 11.2. The molecule has 0 fully saturated rings. The Morgan fingerprint density at radius 2 is 2.03 bits per heavy atom. The van der Waals surface area contributed by atoms with Crippen molar-refractivity contribution in [1.29, 1.82) is 0 Å². The molecule has 0 aliphatic heterocycles. The molecule has 2 heterocycles. The van der Waals surface area contributed by atoms with Gasteiger partial charge in [-0.25, -0.2) is 0 Å². The Morgan fingerprint density at radius 1 is 1.21 bits per heavy atom. The van der Waals surface area contributed by atoms with E-state index in [1.165, 1.54) is 0 Å². The minimum atomic E-state index is -0.374. The Kier molecular flexibility index (Phi) is 6.59. The molecular weight excluding hydrogens is 368 g/mol. The minimum absolute atomic E-state index is 0.0843. The lowest BCUT2D eigenvalue weighted by Gasteiger charge is -2.18. The van der Waals surface area contributed by atoms with E-state index in [0.29, 0.717) is 18.3 Å². The summed E-state index contributed by atoms with van der Waals surface area (Å²) in [5.41, 5.74) is 3.01. The molecule has 1 unspecified atom stereocenters. The summed E-state index contributed by atoms with van der Waals surface area (Å²) >= 11 is 0. The predicted octanol–water partition coefficient (Wildman–Crippen LogP) is 4.03. The van der Waals surface area contributed by atoms with Crippen molar-refractivity contribution >= 4 is 5.91 Å². The summed E-state index contributed by atoms with van der Waals surface area (Å²) in [6.45, 7) is 8.32. The zero-order valence-electron chi connectivity index (χ0n) is 17.2. The van der Waals surface area contributed by atoms with E-state index in [-0.39, 0.29) is 24.3 Å². The first-order chi connectivity index (χ1) is 14.0. The highest BCUT2D eigenvalue weighted by molar-refractivity contribution is 5.76. The van der Waals surface area contributed by atoms with E-state index in [1.807, 2.05) is 58.0 Å². The predicted molar refractivity (Wildman–Crippen MR) is 109 cm³/mol. The molecule has 3 aromatic rings. The third-order valence-corrected chi connectivity index (χ3v) is 4.75. The first-order valence-corrected chi connectivity index (χ1v) is 9.68. The fourth-order valence-corrected chi connectivity index (χ4v) is 2.87. The van der Waals surface area contributed by atoms with Crippen LogP contribution >= 0.6 is 0 Å². The van der Waals surface area contributed by atoms with E-state index in [1.54, 1.807) is 12.4 Å². The number of nitrogens with zero attached hydrogens (tertiary/aromatic N) is 3. The fraction of sp³-hybridized carbons (Fsp3) is 0.364. The number of rotatable bonds is 8. The molecule has 2 aromatic heterocycles. The van der Waals surface area contributed by atoms with E-state index >= 15 is 0 Å². The van der Waals surface area contributed by atoms with E-state index in [9.17, 15) is 4.79 Å². The number of amides is 1. The van der Waals surface area contributed by atoms with E-state index in [4.69, 9.17) is 9.26 Å². The van der Waals surface area contributed by atoms with Crippen molar-refractivity contribution in [3.05, 3.63) is 59.7 Å². The highest BCUT2D eigenvalue weighted by Crippen LogP contribution is 2.24. The van der Waals surface area contributed by atoms with Gasteiger partial charge >= 0.3 is 0 Å². The van der Waals surface area contributed by atoms with Crippen molar-refractivity contribution < 1.29 is 14.1 Å². The van der Waals surface area contributed by atoms with Crippen molar-refractivity contribution in [2.75, 3.05) is 6.61 Å². The minimum Gasteiger partial charge on any atom is -0.493 e. The maximum atomic E-state index is 12.5. The molecule has 0 radical (unpaired) electrons. The summed E-state index contributed by atoms with van der Waals surface area (Å²) in [5, 5.41) is 6.99. The Balaban J connectivity index is 1.60. The summed E-state index contributed by atoms with van der Waals surface area (Å²) in [7, 11) is 0. The number of benzene rings is 1. The molecule has 1 atom stereocenters. The van der Waals surface area contributed by atoms with E-state index < -0.39 is 0 Å². The molecule has 0 bridgehead atoms. The SMILES string of the molecule is Cc1cccc(OCCC(=O)NC(c2nc(-c3cccnc3)no2)C(C)C)c1C. The molecule has 7 nitrogen and oxygen atoms in total. The largest absolute Gasteiger partial charge is 0.493 e. The van der Waals surface area contributed by atoms with E-state index in [2.05, 4.69) is 20.4 Å². The van der Waals surface area contributed by atoms with Crippen molar-refractivity contribution in [2.24, 2.45) is 5.92 Å². The summed E-state index contributed by atoms with van der Waals surface area (Å²) in [5.74, 6) is 1.58. The summed E-state index contributed by atoms with van der Waals surface area (Å²) in [4.78, 5) is 21.0. The van der Waals surface area contributed by atoms with Gasteiger partial charge in [-0.1, -0.05) is 31.1 Å². The number of pyridine rings is 1. The zero-order chi connectivity index (χ0) is 20.8. The van der Waals surface area contributed by atoms with Gasteiger partial charge < -0.3 is 14.6 Å². The van der Waals surface area contributed by atoms with Gasteiger partial charge in [0.1, 0.15) is 11.8 Å². The first kappa shape index (κ1) is 20.5. The lowest BCUT2D eigenvalue weighted by atomic mass is 10.0. The third-order valence-electron chi connectivity index (χ3n) is 4.75. The van der Waals surface area contributed by atoms with Gasteiger partial charge in [-0.05, 0) is 49.1 Å². The highest BCUT2D eigenvalue weighted by atomic mass is 16.5. The zero-order valence-corrected chi connectivity index (χ0v) is 17.2. The number of hydrogen-bond donors (Lipinski definition) is 1. The molecule has 0 saturated carbocycles. The second kappa shape index (κ2) is 9.32. The average molecular weight is 394 g/mol. The quantitative estimate of drug-likeness (QED) is 0.620. The summed E-state index contributed by atoms with van der Waals surface area (Å²) in [6, 6.07) is 9.18. The molecule has 29 heavy (non-hydrogen) atoms. The smallest absolute Gasteiger partial charge is 0.249 e. The van der Waals surface area contributed by atoms with Crippen LogP contribution in [0.25, 0.3) is 11.4 Å². The van der Waals surface area contributed by atoms with Gasteiger partial charge in [-0.15, -0.1) is 0 Å². The van der Waals surface area contributed by atoms with Crippen LogP contribution in [0.3, 0.4) is 0 Å². The maximum Gasteiger partial charge on any atom is 0.249 e. The number of aromatic nitrogens is 3. The maximum absolute atomic E-state index is 12.5. The molecule has 3 rings (SSSR count). The molecule has 1 amide bonds. The van der Waals surface area contributed by atoms with Crippen molar-refractivity contribution in [3.63, 3.8) is 0 Å². The van der Waals surface area contributed by atoms with Crippen molar-refractivity contribution in [1.82, 2.24) is 20.4 Å². The lowest BCUT2D eigenvalue weighted by Crippen LogP contribution is -2.32. The highest BCUT2D eigenvalue weighted by Gasteiger charge is 2.25. The Morgan fingerprint density at radius 3 is 2.76 bits per heavy atom. The van der Waals surface area contributed by atoms with Gasteiger partial charge in [0.2, 0.25) is 17.6 Å². The Labute approximate surface area is 170 Å². The summed E-state index contributed by atoms with van der Waals surface area (Å²) in [6.07, 6.45) is 3.59. The number of aryl methyl sites for hydroxylation is 1. The molecule has 1 aromatic carbocycles. The molecule has 0 aliphatic carbocycles. The Hall–Kier alpha value is -3.22. The van der Waals surface area contributed by atoms with Crippen LogP contribution in [0.15, 0.2) is 47.2 Å². The normalized spacial score (nSPS) is 12.0. The molecular formula is C22H26N4O3. The van der Waals surface area contributed by atoms with Gasteiger partial charge in [0.15, 0.2) is 0 Å². The van der Waals surface area contributed by atoms with Crippen LogP contribution < -0.4 is 10.1 Å². The van der Waals surface area contributed by atoms with Crippen LogP contribution in [0, 0.1) is 19.8 Å². The topological polar surface area (TPSA) is 90.1 Å². The Bertz CT molecular complexity index is 954. The van der Waals surface area contributed by atoms with E-state index in [0.717, 1.165) is 22.4 Å². The van der Waals surface area contributed by atoms with Gasteiger partial charge in [0.05, 0.1) is 13.0 Å². The first-order valence-electron chi connectivity index (χ1n) is 9.68. The standard InChI is InChI=1S/C22H26N4O3/c1-14(2)20(22-25-21(26-29-22)17-8-6-11-23-13-17)24-19(27)10-12-28-18-9-5-7-15(3)16(18)4/h5-9,11,13-14,20H,10,12H2,1-4H3,(H,24,27). The number of hydrogen-bond acceptors (Lipinski definition) is 6. The second-order valence-electron chi connectivity index (χ2n) is 7.28. The van der Waals surface area contributed by atoms with Crippen LogP contribution in [0.5, 0.6) is 5.75 Å². The molecule has 152 valence electrons. The van der Waals surface area contributed by atoms with Crippen LogP contribution in [0.4, 0.5) is 0 Å². The van der Waals surface area contributed by atoms with Crippen LogP contribution in [-0.4, -0.2) is 27.6 Å². The molecule has 0 saturated heterocycles.